The zero-order chi connectivity index (χ0) is 17.9. The molecule has 6 heteroatoms. The Labute approximate surface area is 179 Å². The Hall–Kier alpha value is -1.46. The van der Waals surface area contributed by atoms with E-state index in [0.29, 0.717) is 0 Å². The highest BCUT2D eigenvalue weighted by molar-refractivity contribution is 9.10. The molecule has 0 saturated carbocycles. The fraction of sp³-hybridized carbons (Fsp3) is 0.238. The van der Waals surface area contributed by atoms with Gasteiger partial charge >= 0.3 is 0 Å². The predicted molar refractivity (Wildman–Crippen MR) is 118 cm³/mol. The SMILES string of the molecule is Cl.Clc1ccc(-c2ccc(CN3CCN(c4cccc(Br)c4)CC3)o2)cc1. The molecule has 2 heterocycles. The highest BCUT2D eigenvalue weighted by atomic mass is 79.9. The van der Waals surface area contributed by atoms with E-state index in [9.17, 15) is 0 Å². The van der Waals surface area contributed by atoms with Crippen LogP contribution in [0.1, 0.15) is 5.76 Å². The van der Waals surface area contributed by atoms with Crippen LogP contribution in [0.25, 0.3) is 11.3 Å². The van der Waals surface area contributed by atoms with Gasteiger partial charge in [-0.3, -0.25) is 4.90 Å². The van der Waals surface area contributed by atoms with Crippen molar-refractivity contribution in [1.82, 2.24) is 4.90 Å². The second-order valence-electron chi connectivity index (χ2n) is 6.52. The number of nitrogens with zero attached hydrogens (tertiary/aromatic N) is 2. The van der Waals surface area contributed by atoms with Crippen LogP contribution in [0, 0.1) is 0 Å². The van der Waals surface area contributed by atoms with Crippen LogP contribution < -0.4 is 4.90 Å². The minimum Gasteiger partial charge on any atom is -0.460 e. The number of hydrogen-bond donors (Lipinski definition) is 0. The van der Waals surface area contributed by atoms with Gasteiger partial charge in [0.25, 0.3) is 0 Å². The molecule has 0 bridgehead atoms. The molecule has 1 aromatic heterocycles. The Morgan fingerprint density at radius 3 is 2.37 bits per heavy atom. The normalized spacial score (nSPS) is 14.8. The van der Waals surface area contributed by atoms with E-state index in [1.807, 2.05) is 30.3 Å². The zero-order valence-electron chi connectivity index (χ0n) is 14.8. The second kappa shape index (κ2) is 9.16. The Balaban J connectivity index is 0.00000210. The summed E-state index contributed by atoms with van der Waals surface area (Å²) < 4.78 is 7.16. The maximum atomic E-state index is 6.03. The average molecular weight is 468 g/mol. The van der Waals surface area contributed by atoms with Crippen molar-refractivity contribution in [3.63, 3.8) is 0 Å². The highest BCUT2D eigenvalue weighted by Crippen LogP contribution is 2.25. The molecule has 0 unspecified atom stereocenters. The molecule has 1 aliphatic rings. The third kappa shape index (κ3) is 5.08. The number of rotatable bonds is 4. The first-order chi connectivity index (χ1) is 12.7. The molecule has 0 spiro atoms. The maximum Gasteiger partial charge on any atom is 0.134 e. The van der Waals surface area contributed by atoms with Crippen molar-refractivity contribution in [1.29, 1.82) is 0 Å². The van der Waals surface area contributed by atoms with Gasteiger partial charge in [-0.15, -0.1) is 12.4 Å². The van der Waals surface area contributed by atoms with Crippen molar-refractivity contribution in [2.75, 3.05) is 31.1 Å². The van der Waals surface area contributed by atoms with Gasteiger partial charge in [0.15, 0.2) is 0 Å². The van der Waals surface area contributed by atoms with Crippen LogP contribution in [0.2, 0.25) is 5.02 Å². The lowest BCUT2D eigenvalue weighted by molar-refractivity contribution is 0.231. The van der Waals surface area contributed by atoms with Crippen LogP contribution in [0.15, 0.2) is 69.6 Å². The molecule has 1 fully saturated rings. The monoisotopic (exact) mass is 466 g/mol. The Morgan fingerprint density at radius 2 is 1.67 bits per heavy atom. The van der Waals surface area contributed by atoms with Crippen LogP contribution in [-0.2, 0) is 6.54 Å². The number of hydrogen-bond acceptors (Lipinski definition) is 3. The minimum absolute atomic E-state index is 0. The molecular formula is C21H21BrCl2N2O. The molecule has 3 aromatic rings. The summed E-state index contributed by atoms with van der Waals surface area (Å²) in [5, 5.41) is 0.740. The van der Waals surface area contributed by atoms with Crippen molar-refractivity contribution in [3.05, 3.63) is 75.9 Å². The van der Waals surface area contributed by atoms with E-state index < -0.39 is 0 Å². The quantitative estimate of drug-likeness (QED) is 0.461. The number of anilines is 1. The topological polar surface area (TPSA) is 19.6 Å². The van der Waals surface area contributed by atoms with Crippen LogP contribution in [-0.4, -0.2) is 31.1 Å². The summed E-state index contributed by atoms with van der Waals surface area (Å²) in [5.74, 6) is 1.90. The molecule has 4 rings (SSSR count). The van der Waals surface area contributed by atoms with Crippen molar-refractivity contribution in [2.45, 2.75) is 6.54 Å². The van der Waals surface area contributed by atoms with E-state index in [0.717, 1.165) is 59.3 Å². The first-order valence-electron chi connectivity index (χ1n) is 8.75. The lowest BCUT2D eigenvalue weighted by Crippen LogP contribution is -2.45. The van der Waals surface area contributed by atoms with Gasteiger partial charge in [0.1, 0.15) is 11.5 Å². The van der Waals surface area contributed by atoms with Crippen LogP contribution >= 0.6 is 39.9 Å². The molecule has 0 radical (unpaired) electrons. The first kappa shape index (κ1) is 20.3. The largest absolute Gasteiger partial charge is 0.460 e. The highest BCUT2D eigenvalue weighted by Gasteiger charge is 2.18. The van der Waals surface area contributed by atoms with Crippen LogP contribution in [0.3, 0.4) is 0 Å². The van der Waals surface area contributed by atoms with E-state index in [2.05, 4.69) is 56.1 Å². The molecular weight excluding hydrogens is 447 g/mol. The number of benzene rings is 2. The summed E-state index contributed by atoms with van der Waals surface area (Å²) in [6.45, 7) is 4.97. The number of furan rings is 1. The van der Waals surface area contributed by atoms with Crippen molar-refractivity contribution < 1.29 is 4.42 Å². The summed E-state index contributed by atoms with van der Waals surface area (Å²) in [6.07, 6.45) is 0. The third-order valence-electron chi connectivity index (χ3n) is 4.72. The molecule has 0 atom stereocenters. The third-order valence-corrected chi connectivity index (χ3v) is 5.46. The number of piperazine rings is 1. The lowest BCUT2D eigenvalue weighted by atomic mass is 10.2. The summed E-state index contributed by atoms with van der Waals surface area (Å²) in [6, 6.07) is 20.4. The molecule has 1 saturated heterocycles. The van der Waals surface area contributed by atoms with E-state index in [1.165, 1.54) is 5.69 Å². The fourth-order valence-corrected chi connectivity index (χ4v) is 3.80. The summed E-state index contributed by atoms with van der Waals surface area (Å²) in [5.41, 5.74) is 2.34. The molecule has 0 amide bonds. The lowest BCUT2D eigenvalue weighted by Gasteiger charge is -2.35. The maximum absolute atomic E-state index is 6.03. The predicted octanol–water partition coefficient (Wildman–Crippen LogP) is 6.11. The van der Waals surface area contributed by atoms with Gasteiger partial charge in [0.2, 0.25) is 0 Å². The van der Waals surface area contributed by atoms with Gasteiger partial charge in [-0.2, -0.15) is 0 Å². The van der Waals surface area contributed by atoms with Gasteiger partial charge in [0.05, 0.1) is 6.54 Å². The molecule has 2 aromatic carbocycles. The van der Waals surface area contributed by atoms with Gasteiger partial charge in [-0.1, -0.05) is 33.6 Å². The van der Waals surface area contributed by atoms with E-state index in [-0.39, 0.29) is 12.4 Å². The van der Waals surface area contributed by atoms with E-state index >= 15 is 0 Å². The number of halogens is 3. The molecule has 142 valence electrons. The minimum atomic E-state index is 0. The standard InChI is InChI=1S/C21H20BrClN2O.ClH/c22-17-2-1-3-19(14-17)25-12-10-24(11-13-25)15-20-8-9-21(26-20)16-4-6-18(23)7-5-16;/h1-9,14H,10-13,15H2;1H. The Kier molecular flexibility index (Phi) is 6.88. The molecule has 27 heavy (non-hydrogen) atoms. The van der Waals surface area contributed by atoms with Crippen LogP contribution in [0.4, 0.5) is 5.69 Å². The van der Waals surface area contributed by atoms with E-state index in [4.69, 9.17) is 16.0 Å². The first-order valence-corrected chi connectivity index (χ1v) is 9.92. The molecule has 0 aliphatic carbocycles. The van der Waals surface area contributed by atoms with Gasteiger partial charge in [-0.05, 0) is 54.6 Å². The second-order valence-corrected chi connectivity index (χ2v) is 7.87. The van der Waals surface area contributed by atoms with Gasteiger partial charge < -0.3 is 9.32 Å². The Morgan fingerprint density at radius 1 is 0.926 bits per heavy atom. The smallest absolute Gasteiger partial charge is 0.134 e. The molecule has 3 nitrogen and oxygen atoms in total. The summed E-state index contributed by atoms with van der Waals surface area (Å²) in [4.78, 5) is 4.88. The van der Waals surface area contributed by atoms with E-state index in [1.54, 1.807) is 0 Å². The summed E-state index contributed by atoms with van der Waals surface area (Å²) in [7, 11) is 0. The van der Waals surface area contributed by atoms with Crippen molar-refractivity contribution >= 4 is 45.6 Å². The summed E-state index contributed by atoms with van der Waals surface area (Å²) >= 11 is 9.51. The fourth-order valence-electron chi connectivity index (χ4n) is 3.29. The molecule has 1 aliphatic heterocycles. The van der Waals surface area contributed by atoms with Gasteiger partial charge in [-0.25, -0.2) is 0 Å². The van der Waals surface area contributed by atoms with Crippen molar-refractivity contribution in [3.8, 4) is 11.3 Å². The van der Waals surface area contributed by atoms with Crippen LogP contribution in [0.5, 0.6) is 0 Å². The average Bonchev–Trinajstić information content (AvgIpc) is 3.11. The Bertz CT molecular complexity index is 874. The zero-order valence-corrected chi connectivity index (χ0v) is 17.9. The molecule has 0 N–H and O–H groups in total. The van der Waals surface area contributed by atoms with Crippen molar-refractivity contribution in [2.24, 2.45) is 0 Å². The van der Waals surface area contributed by atoms with Gasteiger partial charge in [0, 0.05) is 46.9 Å².